The highest BCUT2D eigenvalue weighted by molar-refractivity contribution is 5.85. The van der Waals surface area contributed by atoms with Crippen LogP contribution in [0.25, 0.3) is 10.8 Å². The quantitative estimate of drug-likeness (QED) is 0.842. The van der Waals surface area contributed by atoms with E-state index in [1.54, 1.807) is 0 Å². The lowest BCUT2D eigenvalue weighted by molar-refractivity contribution is 0.393. The second-order valence-electron chi connectivity index (χ2n) is 5.38. The first-order valence-electron chi connectivity index (χ1n) is 6.49. The van der Waals surface area contributed by atoms with Crippen LogP contribution in [-0.2, 0) is 6.54 Å². The molecule has 0 fully saturated rings. The Bertz CT molecular complexity index is 512. The molecule has 0 atom stereocenters. The summed E-state index contributed by atoms with van der Waals surface area (Å²) in [5.41, 5.74) is 1.49. The van der Waals surface area contributed by atoms with Gasteiger partial charge in [0.2, 0.25) is 0 Å². The highest BCUT2D eigenvalue weighted by atomic mass is 15.0. The molecule has 0 saturated carbocycles. The molecule has 2 aromatic rings. The van der Waals surface area contributed by atoms with E-state index in [9.17, 15) is 0 Å². The summed E-state index contributed by atoms with van der Waals surface area (Å²) < 4.78 is 0. The van der Waals surface area contributed by atoms with Gasteiger partial charge in [-0.1, -0.05) is 42.5 Å². The number of likely N-dealkylation sites (N-methyl/N-ethyl adjacent to an activating group) is 1. The zero-order valence-corrected chi connectivity index (χ0v) is 11.5. The number of hydrogen-bond acceptors (Lipinski definition) is 2. The Labute approximate surface area is 109 Å². The predicted molar refractivity (Wildman–Crippen MR) is 78.8 cm³/mol. The van der Waals surface area contributed by atoms with Crippen LogP contribution in [0.4, 0.5) is 0 Å². The molecule has 18 heavy (non-hydrogen) atoms. The van der Waals surface area contributed by atoms with Crippen LogP contribution in [0.5, 0.6) is 0 Å². The third-order valence-electron chi connectivity index (χ3n) is 3.44. The molecule has 0 aromatic heterocycles. The monoisotopic (exact) mass is 242 g/mol. The van der Waals surface area contributed by atoms with E-state index < -0.39 is 0 Å². The zero-order valence-electron chi connectivity index (χ0n) is 11.5. The van der Waals surface area contributed by atoms with Crippen LogP contribution in [0.3, 0.4) is 0 Å². The van der Waals surface area contributed by atoms with Gasteiger partial charge >= 0.3 is 0 Å². The molecule has 2 nitrogen and oxygen atoms in total. The van der Waals surface area contributed by atoms with Crippen LogP contribution in [0.1, 0.15) is 19.4 Å². The van der Waals surface area contributed by atoms with Crippen molar-refractivity contribution in [2.75, 3.05) is 13.6 Å². The second kappa shape index (κ2) is 5.51. The van der Waals surface area contributed by atoms with Crippen molar-refractivity contribution in [1.82, 2.24) is 10.6 Å². The molecule has 2 aromatic carbocycles. The van der Waals surface area contributed by atoms with Crippen LogP contribution >= 0.6 is 0 Å². The predicted octanol–water partition coefficient (Wildman–Crippen LogP) is 2.93. The van der Waals surface area contributed by atoms with E-state index >= 15 is 0 Å². The van der Waals surface area contributed by atoms with Crippen molar-refractivity contribution in [3.05, 3.63) is 48.0 Å². The highest BCUT2D eigenvalue weighted by Crippen LogP contribution is 2.18. The second-order valence-corrected chi connectivity index (χ2v) is 5.38. The first-order valence-corrected chi connectivity index (χ1v) is 6.49. The average molecular weight is 242 g/mol. The molecule has 0 bridgehead atoms. The van der Waals surface area contributed by atoms with E-state index in [4.69, 9.17) is 0 Å². The molecule has 96 valence electrons. The average Bonchev–Trinajstić information content (AvgIpc) is 2.39. The Balaban J connectivity index is 2.08. The number of nitrogens with one attached hydrogen (secondary N) is 2. The van der Waals surface area contributed by atoms with Crippen LogP contribution in [0, 0.1) is 0 Å². The van der Waals surface area contributed by atoms with Gasteiger partial charge in [0.25, 0.3) is 0 Å². The van der Waals surface area contributed by atoms with Crippen molar-refractivity contribution in [3.63, 3.8) is 0 Å². The van der Waals surface area contributed by atoms with Crippen molar-refractivity contribution < 1.29 is 0 Å². The summed E-state index contributed by atoms with van der Waals surface area (Å²) >= 11 is 0. The molecule has 2 rings (SSSR count). The smallest absolute Gasteiger partial charge is 0.0246 e. The lowest BCUT2D eigenvalue weighted by atomic mass is 10.0. The Kier molecular flexibility index (Phi) is 4.00. The van der Waals surface area contributed by atoms with E-state index in [1.165, 1.54) is 16.3 Å². The first-order chi connectivity index (χ1) is 8.62. The molecule has 0 aliphatic carbocycles. The summed E-state index contributed by atoms with van der Waals surface area (Å²) in [5, 5.41) is 9.48. The zero-order chi connectivity index (χ0) is 13.0. The van der Waals surface area contributed by atoms with E-state index in [0.717, 1.165) is 13.1 Å². The third-order valence-corrected chi connectivity index (χ3v) is 3.44. The number of benzene rings is 2. The molecule has 0 unspecified atom stereocenters. The Morgan fingerprint density at radius 3 is 2.50 bits per heavy atom. The van der Waals surface area contributed by atoms with E-state index in [-0.39, 0.29) is 5.54 Å². The summed E-state index contributed by atoms with van der Waals surface area (Å²) in [7, 11) is 2.00. The lowest BCUT2D eigenvalue weighted by Crippen LogP contribution is -2.45. The molecule has 0 saturated heterocycles. The molecule has 0 heterocycles. The van der Waals surface area contributed by atoms with Gasteiger partial charge < -0.3 is 10.6 Å². The van der Waals surface area contributed by atoms with E-state index in [0.29, 0.717) is 0 Å². The Morgan fingerprint density at radius 1 is 1.00 bits per heavy atom. The topological polar surface area (TPSA) is 24.1 Å². The first kappa shape index (κ1) is 13.1. The van der Waals surface area contributed by atoms with Gasteiger partial charge in [-0.2, -0.15) is 0 Å². The highest BCUT2D eigenvalue weighted by Gasteiger charge is 2.13. The van der Waals surface area contributed by atoms with Gasteiger partial charge in [-0.15, -0.1) is 0 Å². The summed E-state index contributed by atoms with van der Waals surface area (Å²) in [4.78, 5) is 0. The molecule has 2 N–H and O–H groups in total. The maximum Gasteiger partial charge on any atom is 0.0246 e. The summed E-state index contributed by atoms with van der Waals surface area (Å²) in [6.45, 7) is 6.26. The van der Waals surface area contributed by atoms with Crippen molar-refractivity contribution in [2.24, 2.45) is 0 Å². The Hall–Kier alpha value is -1.38. The maximum absolute atomic E-state index is 3.52. The standard InChI is InChI=1S/C16H22N2/c1-16(2,17-3)12-18-11-14-9-6-8-13-7-4-5-10-15(13)14/h4-10,17-18H,11-12H2,1-3H3. The third kappa shape index (κ3) is 3.09. The fourth-order valence-electron chi connectivity index (χ4n) is 2.04. The Morgan fingerprint density at radius 2 is 1.72 bits per heavy atom. The summed E-state index contributed by atoms with van der Waals surface area (Å²) in [6, 6.07) is 15.0. The van der Waals surface area contributed by atoms with Crippen LogP contribution in [-0.4, -0.2) is 19.1 Å². The van der Waals surface area contributed by atoms with Gasteiger partial charge in [-0.3, -0.25) is 0 Å². The van der Waals surface area contributed by atoms with E-state index in [1.807, 2.05) is 7.05 Å². The molecular weight excluding hydrogens is 220 g/mol. The van der Waals surface area contributed by atoms with Gasteiger partial charge in [0.1, 0.15) is 0 Å². The minimum atomic E-state index is 0.130. The van der Waals surface area contributed by atoms with E-state index in [2.05, 4.69) is 66.9 Å². The molecule has 0 spiro atoms. The molecule has 0 aliphatic rings. The van der Waals surface area contributed by atoms with Gasteiger partial charge in [0, 0.05) is 18.6 Å². The molecule has 0 amide bonds. The SMILES string of the molecule is CNC(C)(C)CNCc1cccc2ccccc12. The van der Waals surface area contributed by atoms with Crippen LogP contribution in [0.2, 0.25) is 0 Å². The van der Waals surface area contributed by atoms with Crippen LogP contribution in [0.15, 0.2) is 42.5 Å². The maximum atomic E-state index is 3.52. The molecule has 0 aliphatic heterocycles. The largest absolute Gasteiger partial charge is 0.314 e. The van der Waals surface area contributed by atoms with Gasteiger partial charge in [-0.05, 0) is 37.2 Å². The van der Waals surface area contributed by atoms with Crippen molar-refractivity contribution in [3.8, 4) is 0 Å². The lowest BCUT2D eigenvalue weighted by Gasteiger charge is -2.24. The van der Waals surface area contributed by atoms with Gasteiger partial charge in [0.15, 0.2) is 0 Å². The fraction of sp³-hybridized carbons (Fsp3) is 0.375. The van der Waals surface area contributed by atoms with Crippen molar-refractivity contribution in [2.45, 2.75) is 25.9 Å². The molecule has 2 heteroatoms. The minimum absolute atomic E-state index is 0.130. The van der Waals surface area contributed by atoms with Crippen molar-refractivity contribution >= 4 is 10.8 Å². The molecular formula is C16H22N2. The molecule has 0 radical (unpaired) electrons. The van der Waals surface area contributed by atoms with Crippen molar-refractivity contribution in [1.29, 1.82) is 0 Å². The summed E-state index contributed by atoms with van der Waals surface area (Å²) in [6.07, 6.45) is 0. The number of fused-ring (bicyclic) bond motifs is 1. The summed E-state index contributed by atoms with van der Waals surface area (Å²) in [5.74, 6) is 0. The number of hydrogen-bond donors (Lipinski definition) is 2. The minimum Gasteiger partial charge on any atom is -0.314 e. The normalized spacial score (nSPS) is 11.9. The van der Waals surface area contributed by atoms with Gasteiger partial charge in [0.05, 0.1) is 0 Å². The number of rotatable bonds is 5. The fourth-order valence-corrected chi connectivity index (χ4v) is 2.04. The van der Waals surface area contributed by atoms with Crippen LogP contribution < -0.4 is 10.6 Å². The van der Waals surface area contributed by atoms with Gasteiger partial charge in [-0.25, -0.2) is 0 Å².